The van der Waals surface area contributed by atoms with Crippen molar-refractivity contribution in [1.82, 2.24) is 10.2 Å². The summed E-state index contributed by atoms with van der Waals surface area (Å²) in [6.45, 7) is 1.86. The van der Waals surface area contributed by atoms with Gasteiger partial charge in [-0.3, -0.25) is 0 Å². The molecule has 2 amide bonds. The van der Waals surface area contributed by atoms with Crippen molar-refractivity contribution >= 4 is 12.0 Å². The van der Waals surface area contributed by atoms with Crippen LogP contribution in [0.4, 0.5) is 4.79 Å². The van der Waals surface area contributed by atoms with Gasteiger partial charge in [-0.25, -0.2) is 9.59 Å². The molecule has 6 nitrogen and oxygen atoms in total. The van der Waals surface area contributed by atoms with E-state index in [2.05, 4.69) is 5.32 Å². The highest BCUT2D eigenvalue weighted by Crippen LogP contribution is 2.20. The number of nitrogens with one attached hydrogen (secondary N) is 1. The van der Waals surface area contributed by atoms with E-state index in [0.717, 1.165) is 25.7 Å². The average Bonchev–Trinajstić information content (AvgIpc) is 2.78. The molecule has 1 atom stereocenters. The molecule has 0 aromatic heterocycles. The fourth-order valence-electron chi connectivity index (χ4n) is 2.62. The Hall–Kier alpha value is -1.30. The van der Waals surface area contributed by atoms with Crippen LogP contribution in [-0.4, -0.2) is 53.8 Å². The Bertz CT molecular complexity index is 332. The molecule has 1 unspecified atom stereocenters. The normalized spacial score (nSPS) is 28.5. The zero-order valence-electron chi connectivity index (χ0n) is 11.2. The molecule has 6 heteroatoms. The van der Waals surface area contributed by atoms with Crippen molar-refractivity contribution in [3.63, 3.8) is 0 Å². The standard InChI is InChI=1S/C13H22N2O4/c16-11(17)13(6-9-19-10-13)14-12(18)15-7-4-2-1-3-5-8-15/h1-10H2,(H,14,18)(H,16,17). The number of rotatable bonds is 2. The molecule has 2 aliphatic heterocycles. The molecule has 2 rings (SSSR count). The van der Waals surface area contributed by atoms with E-state index in [1.165, 1.54) is 6.42 Å². The molecule has 0 aromatic rings. The van der Waals surface area contributed by atoms with E-state index in [1.54, 1.807) is 4.90 Å². The molecule has 108 valence electrons. The van der Waals surface area contributed by atoms with Crippen LogP contribution in [0.1, 0.15) is 38.5 Å². The molecule has 0 bridgehead atoms. The summed E-state index contributed by atoms with van der Waals surface area (Å²) in [5.74, 6) is -1.01. The van der Waals surface area contributed by atoms with Crippen LogP contribution < -0.4 is 5.32 Å². The summed E-state index contributed by atoms with van der Waals surface area (Å²) in [6, 6.07) is -0.269. The van der Waals surface area contributed by atoms with Crippen LogP contribution in [0.15, 0.2) is 0 Å². The first kappa shape index (κ1) is 14.1. The molecule has 2 fully saturated rings. The van der Waals surface area contributed by atoms with Crippen LogP contribution in [0, 0.1) is 0 Å². The highest BCUT2D eigenvalue weighted by atomic mass is 16.5. The number of hydrogen-bond acceptors (Lipinski definition) is 3. The molecule has 0 aromatic carbocycles. The second-order valence-corrected chi connectivity index (χ2v) is 5.37. The van der Waals surface area contributed by atoms with Gasteiger partial charge in [-0.2, -0.15) is 0 Å². The van der Waals surface area contributed by atoms with Gasteiger partial charge >= 0.3 is 12.0 Å². The van der Waals surface area contributed by atoms with Crippen LogP contribution in [0.2, 0.25) is 0 Å². The third kappa shape index (κ3) is 3.37. The summed E-state index contributed by atoms with van der Waals surface area (Å²) in [5, 5.41) is 12.0. The number of urea groups is 1. The lowest BCUT2D eigenvalue weighted by Crippen LogP contribution is -2.58. The van der Waals surface area contributed by atoms with Gasteiger partial charge in [0.25, 0.3) is 0 Å². The van der Waals surface area contributed by atoms with Gasteiger partial charge in [-0.15, -0.1) is 0 Å². The summed E-state index contributed by atoms with van der Waals surface area (Å²) in [4.78, 5) is 25.3. The predicted octanol–water partition coefficient (Wildman–Crippen LogP) is 1.21. The Kier molecular flexibility index (Phi) is 4.63. The summed E-state index contributed by atoms with van der Waals surface area (Å²) >= 11 is 0. The van der Waals surface area contributed by atoms with E-state index in [9.17, 15) is 14.7 Å². The first-order valence-corrected chi connectivity index (χ1v) is 7.02. The van der Waals surface area contributed by atoms with Crippen molar-refractivity contribution < 1.29 is 19.4 Å². The third-order valence-electron chi connectivity index (χ3n) is 3.92. The van der Waals surface area contributed by atoms with Crippen molar-refractivity contribution in [1.29, 1.82) is 0 Å². The number of carboxylic acids is 1. The molecule has 0 spiro atoms. The lowest BCUT2D eigenvalue weighted by Gasteiger charge is -2.30. The van der Waals surface area contributed by atoms with Gasteiger partial charge in [-0.05, 0) is 12.8 Å². The molecular weight excluding hydrogens is 248 g/mol. The molecule has 0 saturated carbocycles. The lowest BCUT2D eigenvalue weighted by atomic mass is 9.99. The quantitative estimate of drug-likeness (QED) is 0.790. The van der Waals surface area contributed by atoms with Crippen LogP contribution in [0.25, 0.3) is 0 Å². The maximum Gasteiger partial charge on any atom is 0.332 e. The second-order valence-electron chi connectivity index (χ2n) is 5.37. The zero-order chi connectivity index (χ0) is 13.7. The Morgan fingerprint density at radius 3 is 2.26 bits per heavy atom. The minimum absolute atomic E-state index is 0.0575. The minimum atomic E-state index is -1.24. The van der Waals surface area contributed by atoms with Gasteiger partial charge < -0.3 is 20.1 Å². The maximum absolute atomic E-state index is 12.2. The first-order valence-electron chi connectivity index (χ1n) is 7.02. The Balaban J connectivity index is 1.96. The van der Waals surface area contributed by atoms with Crippen LogP contribution >= 0.6 is 0 Å². The fourth-order valence-corrected chi connectivity index (χ4v) is 2.62. The molecule has 2 heterocycles. The van der Waals surface area contributed by atoms with Gasteiger partial charge in [0.1, 0.15) is 0 Å². The zero-order valence-corrected chi connectivity index (χ0v) is 11.2. The maximum atomic E-state index is 12.2. The van der Waals surface area contributed by atoms with Gasteiger partial charge in [0.2, 0.25) is 0 Å². The topological polar surface area (TPSA) is 78.9 Å². The minimum Gasteiger partial charge on any atom is -0.479 e. The second kappa shape index (κ2) is 6.23. The molecule has 2 saturated heterocycles. The summed E-state index contributed by atoms with van der Waals surface area (Å²) in [7, 11) is 0. The van der Waals surface area contributed by atoms with E-state index >= 15 is 0 Å². The Morgan fingerprint density at radius 2 is 1.74 bits per heavy atom. The molecular formula is C13H22N2O4. The largest absolute Gasteiger partial charge is 0.479 e. The van der Waals surface area contributed by atoms with Crippen molar-refractivity contribution in [2.24, 2.45) is 0 Å². The molecule has 2 aliphatic rings. The molecule has 19 heavy (non-hydrogen) atoms. The number of likely N-dealkylation sites (tertiary alicyclic amines) is 1. The van der Waals surface area contributed by atoms with Gasteiger partial charge in [-0.1, -0.05) is 19.3 Å². The van der Waals surface area contributed by atoms with E-state index in [0.29, 0.717) is 26.1 Å². The number of carbonyl (C=O) groups is 2. The average molecular weight is 270 g/mol. The summed E-state index contributed by atoms with van der Waals surface area (Å²) in [5.41, 5.74) is -1.24. The number of ether oxygens (including phenoxy) is 1. The SMILES string of the molecule is O=C(NC1(C(=O)O)CCOC1)N1CCCCCCC1. The van der Waals surface area contributed by atoms with Crippen molar-refractivity contribution in [2.75, 3.05) is 26.3 Å². The lowest BCUT2D eigenvalue weighted by molar-refractivity contribution is -0.144. The highest BCUT2D eigenvalue weighted by Gasteiger charge is 2.44. The smallest absolute Gasteiger partial charge is 0.332 e. The van der Waals surface area contributed by atoms with Gasteiger partial charge in [0.15, 0.2) is 5.54 Å². The van der Waals surface area contributed by atoms with Crippen molar-refractivity contribution in [3.8, 4) is 0 Å². The van der Waals surface area contributed by atoms with Crippen LogP contribution in [-0.2, 0) is 9.53 Å². The van der Waals surface area contributed by atoms with Gasteiger partial charge in [0, 0.05) is 26.1 Å². The number of hydrogen-bond donors (Lipinski definition) is 2. The van der Waals surface area contributed by atoms with E-state index in [4.69, 9.17) is 4.74 Å². The third-order valence-corrected chi connectivity index (χ3v) is 3.92. The fraction of sp³-hybridized carbons (Fsp3) is 0.846. The summed E-state index contributed by atoms with van der Waals surface area (Å²) in [6.07, 6.45) is 5.81. The molecule has 2 N–H and O–H groups in total. The van der Waals surface area contributed by atoms with Crippen LogP contribution in [0.5, 0.6) is 0 Å². The van der Waals surface area contributed by atoms with E-state index in [1.807, 2.05) is 0 Å². The predicted molar refractivity (Wildman–Crippen MR) is 69.0 cm³/mol. The Morgan fingerprint density at radius 1 is 1.11 bits per heavy atom. The number of aliphatic carboxylic acids is 1. The Labute approximate surface area is 113 Å². The van der Waals surface area contributed by atoms with E-state index < -0.39 is 11.5 Å². The van der Waals surface area contributed by atoms with Gasteiger partial charge in [0.05, 0.1) is 6.61 Å². The van der Waals surface area contributed by atoms with Crippen LogP contribution in [0.3, 0.4) is 0 Å². The molecule has 0 aliphatic carbocycles. The number of carboxylic acid groups (broad SMARTS) is 1. The van der Waals surface area contributed by atoms with Crippen molar-refractivity contribution in [2.45, 2.75) is 44.1 Å². The number of carbonyl (C=O) groups excluding carboxylic acids is 1. The highest BCUT2D eigenvalue weighted by molar-refractivity contribution is 5.86. The van der Waals surface area contributed by atoms with Crippen molar-refractivity contribution in [3.05, 3.63) is 0 Å². The number of nitrogens with zero attached hydrogens (tertiary/aromatic N) is 1. The monoisotopic (exact) mass is 270 g/mol. The summed E-state index contributed by atoms with van der Waals surface area (Å²) < 4.78 is 5.14. The molecule has 0 radical (unpaired) electrons. The number of amides is 2. The first-order chi connectivity index (χ1) is 9.14. The van der Waals surface area contributed by atoms with E-state index in [-0.39, 0.29) is 12.6 Å².